The molecule has 0 bridgehead atoms. The van der Waals surface area contributed by atoms with E-state index in [0.29, 0.717) is 0 Å². The molecule has 10 heavy (non-hydrogen) atoms. The van der Waals surface area contributed by atoms with Crippen LogP contribution in [0.2, 0.25) is 0 Å². The van der Waals surface area contributed by atoms with Crippen LogP contribution in [0, 0.1) is 0 Å². The molecule has 1 unspecified atom stereocenters. The molecule has 0 saturated carbocycles. The van der Waals surface area contributed by atoms with Gasteiger partial charge in [0.1, 0.15) is 0 Å². The molecular formula is C5H9NO3S. The van der Waals surface area contributed by atoms with Crippen LogP contribution in [-0.2, 0) is 10.3 Å². The summed E-state index contributed by atoms with van der Waals surface area (Å²) in [6.07, 6.45) is 5.21. The maximum Gasteiger partial charge on any atom is 0.333 e. The maximum absolute atomic E-state index is 10.2. The van der Waals surface area contributed by atoms with Gasteiger partial charge in [0.15, 0.2) is 0 Å². The van der Waals surface area contributed by atoms with Crippen molar-refractivity contribution in [1.29, 1.82) is 0 Å². The summed E-state index contributed by atoms with van der Waals surface area (Å²) in [5.41, 5.74) is 0. The molecule has 1 aliphatic rings. The van der Waals surface area contributed by atoms with Gasteiger partial charge in [-0.05, 0) is 12.8 Å². The third-order valence-electron chi connectivity index (χ3n) is 1.31. The number of hydrogen-bond acceptors (Lipinski definition) is 2. The first-order valence-corrected chi connectivity index (χ1v) is 4.43. The highest BCUT2D eigenvalue weighted by molar-refractivity contribution is 7.83. The normalized spacial score (nSPS) is 25.5. The van der Waals surface area contributed by atoms with Gasteiger partial charge in [-0.1, -0.05) is 12.2 Å². The zero-order valence-electron chi connectivity index (χ0n) is 5.32. The minimum Gasteiger partial charge on any atom is -0.273 e. The minimum absolute atomic E-state index is 0.213. The number of rotatable bonds is 2. The van der Waals surface area contributed by atoms with Gasteiger partial charge in [-0.2, -0.15) is 13.1 Å². The molecular weight excluding hydrogens is 154 g/mol. The highest BCUT2D eigenvalue weighted by Gasteiger charge is 2.14. The molecule has 0 heterocycles. The third kappa shape index (κ3) is 2.47. The van der Waals surface area contributed by atoms with Crippen molar-refractivity contribution in [3.63, 3.8) is 0 Å². The summed E-state index contributed by atoms with van der Waals surface area (Å²) in [6.45, 7) is 0. The lowest BCUT2D eigenvalue weighted by molar-refractivity contribution is 0.460. The van der Waals surface area contributed by atoms with Crippen molar-refractivity contribution < 1.29 is 13.0 Å². The second-order valence-electron chi connectivity index (χ2n) is 2.20. The van der Waals surface area contributed by atoms with Gasteiger partial charge >= 0.3 is 10.3 Å². The molecule has 0 aromatic carbocycles. The molecule has 2 N–H and O–H groups in total. The van der Waals surface area contributed by atoms with E-state index >= 15 is 0 Å². The van der Waals surface area contributed by atoms with Crippen LogP contribution in [0.1, 0.15) is 12.8 Å². The minimum atomic E-state index is -4.01. The largest absolute Gasteiger partial charge is 0.333 e. The lowest BCUT2D eigenvalue weighted by Crippen LogP contribution is -2.31. The highest BCUT2D eigenvalue weighted by Crippen LogP contribution is 2.08. The van der Waals surface area contributed by atoms with E-state index in [-0.39, 0.29) is 6.04 Å². The van der Waals surface area contributed by atoms with Crippen LogP contribution in [0.15, 0.2) is 12.2 Å². The van der Waals surface area contributed by atoms with Crippen LogP contribution >= 0.6 is 0 Å². The van der Waals surface area contributed by atoms with Crippen LogP contribution in [-0.4, -0.2) is 19.0 Å². The lowest BCUT2D eigenvalue weighted by Gasteiger charge is -2.05. The van der Waals surface area contributed by atoms with Crippen LogP contribution < -0.4 is 4.72 Å². The monoisotopic (exact) mass is 163 g/mol. The molecule has 0 saturated heterocycles. The van der Waals surface area contributed by atoms with Gasteiger partial charge in [-0.15, -0.1) is 0 Å². The summed E-state index contributed by atoms with van der Waals surface area (Å²) in [5, 5.41) is 0. The van der Waals surface area contributed by atoms with E-state index < -0.39 is 10.3 Å². The van der Waals surface area contributed by atoms with E-state index in [0.717, 1.165) is 12.8 Å². The predicted octanol–water partition coefficient (Wildman–Crippen LogP) is 0.0974. The Bertz CT molecular complexity index is 231. The Morgan fingerprint density at radius 3 is 2.70 bits per heavy atom. The molecule has 5 heteroatoms. The van der Waals surface area contributed by atoms with Gasteiger partial charge in [0.05, 0.1) is 0 Å². The van der Waals surface area contributed by atoms with Crippen molar-refractivity contribution >= 4 is 10.3 Å². The smallest absolute Gasteiger partial charge is 0.273 e. The van der Waals surface area contributed by atoms with Gasteiger partial charge in [0, 0.05) is 6.04 Å². The molecule has 0 amide bonds. The van der Waals surface area contributed by atoms with E-state index in [1.54, 1.807) is 6.08 Å². The van der Waals surface area contributed by atoms with Gasteiger partial charge in [-0.25, -0.2) is 0 Å². The first-order valence-electron chi connectivity index (χ1n) is 2.99. The van der Waals surface area contributed by atoms with Crippen LogP contribution in [0.4, 0.5) is 0 Å². The topological polar surface area (TPSA) is 66.4 Å². The molecule has 0 aromatic rings. The molecule has 1 atom stereocenters. The second kappa shape index (κ2) is 2.69. The average molecular weight is 163 g/mol. The quantitative estimate of drug-likeness (QED) is 0.448. The summed E-state index contributed by atoms with van der Waals surface area (Å²) in [7, 11) is -4.01. The van der Waals surface area contributed by atoms with Gasteiger partial charge in [-0.3, -0.25) is 4.55 Å². The fourth-order valence-corrected chi connectivity index (χ4v) is 1.50. The van der Waals surface area contributed by atoms with Crippen molar-refractivity contribution in [3.05, 3.63) is 12.2 Å². The molecule has 0 spiro atoms. The zero-order chi connectivity index (χ0) is 7.61. The Hall–Kier alpha value is -0.390. The lowest BCUT2D eigenvalue weighted by atomic mass is 10.3. The molecule has 4 nitrogen and oxygen atoms in total. The summed E-state index contributed by atoms with van der Waals surface area (Å²) >= 11 is 0. The van der Waals surface area contributed by atoms with Crippen molar-refractivity contribution in [2.24, 2.45) is 0 Å². The fourth-order valence-electron chi connectivity index (χ4n) is 0.922. The SMILES string of the molecule is O=S(=O)(O)NC1C=CCC1. The summed E-state index contributed by atoms with van der Waals surface area (Å²) in [5.74, 6) is 0. The molecule has 0 radical (unpaired) electrons. The van der Waals surface area contributed by atoms with Crippen LogP contribution in [0.5, 0.6) is 0 Å². The van der Waals surface area contributed by atoms with E-state index in [2.05, 4.69) is 4.72 Å². The number of hydrogen-bond donors (Lipinski definition) is 2. The van der Waals surface area contributed by atoms with Crippen molar-refractivity contribution in [1.82, 2.24) is 4.72 Å². The van der Waals surface area contributed by atoms with Crippen molar-refractivity contribution in [2.45, 2.75) is 18.9 Å². The predicted molar refractivity (Wildman–Crippen MR) is 36.8 cm³/mol. The Morgan fingerprint density at radius 1 is 1.60 bits per heavy atom. The molecule has 0 fully saturated rings. The highest BCUT2D eigenvalue weighted by atomic mass is 32.2. The Kier molecular flexibility index (Phi) is 2.08. The first-order chi connectivity index (χ1) is 4.58. The Morgan fingerprint density at radius 2 is 2.30 bits per heavy atom. The second-order valence-corrected chi connectivity index (χ2v) is 3.39. The Labute approximate surface area is 59.8 Å². The van der Waals surface area contributed by atoms with E-state index in [1.807, 2.05) is 6.08 Å². The van der Waals surface area contributed by atoms with E-state index in [9.17, 15) is 8.42 Å². The van der Waals surface area contributed by atoms with Crippen molar-refractivity contribution in [2.75, 3.05) is 0 Å². The van der Waals surface area contributed by atoms with E-state index in [1.165, 1.54) is 0 Å². The summed E-state index contributed by atoms with van der Waals surface area (Å²) in [4.78, 5) is 0. The van der Waals surface area contributed by atoms with E-state index in [4.69, 9.17) is 4.55 Å². The average Bonchev–Trinajstić information content (AvgIpc) is 2.12. The fraction of sp³-hybridized carbons (Fsp3) is 0.600. The number of allylic oxidation sites excluding steroid dienone is 1. The van der Waals surface area contributed by atoms with Gasteiger partial charge in [0.25, 0.3) is 0 Å². The molecule has 0 aromatic heterocycles. The van der Waals surface area contributed by atoms with Crippen LogP contribution in [0.25, 0.3) is 0 Å². The molecule has 1 rings (SSSR count). The van der Waals surface area contributed by atoms with Crippen molar-refractivity contribution in [3.8, 4) is 0 Å². The summed E-state index contributed by atoms with van der Waals surface area (Å²) < 4.78 is 30.8. The van der Waals surface area contributed by atoms with Crippen LogP contribution in [0.3, 0.4) is 0 Å². The third-order valence-corrected chi connectivity index (χ3v) is 1.91. The van der Waals surface area contributed by atoms with Gasteiger partial charge in [0.2, 0.25) is 0 Å². The zero-order valence-corrected chi connectivity index (χ0v) is 6.13. The molecule has 1 aliphatic carbocycles. The Balaban J connectivity index is 2.47. The number of nitrogens with one attached hydrogen (secondary N) is 1. The maximum atomic E-state index is 10.2. The molecule has 0 aliphatic heterocycles. The first kappa shape index (κ1) is 7.71. The molecule has 58 valence electrons. The summed E-state index contributed by atoms with van der Waals surface area (Å²) in [6, 6.07) is -0.213. The van der Waals surface area contributed by atoms with Gasteiger partial charge < -0.3 is 0 Å². The standard InChI is InChI=1S/C5H9NO3S/c7-10(8,9)6-5-3-1-2-4-5/h1,3,5-6H,2,4H2,(H,7,8,9).